The molecule has 0 aromatic carbocycles. The minimum Gasteiger partial charge on any atom is -0.480 e. The molecule has 2 amide bonds. The fourth-order valence-corrected chi connectivity index (χ4v) is 2.68. The molecule has 0 aromatic rings. The van der Waals surface area contributed by atoms with Crippen molar-refractivity contribution in [1.29, 1.82) is 0 Å². The van der Waals surface area contributed by atoms with Gasteiger partial charge in [-0.3, -0.25) is 34.0 Å². The Morgan fingerprint density at radius 2 is 1.12 bits per heavy atom. The predicted molar refractivity (Wildman–Crippen MR) is 110 cm³/mol. The van der Waals surface area contributed by atoms with Crippen LogP contribution in [0.25, 0.3) is 0 Å². The summed E-state index contributed by atoms with van der Waals surface area (Å²) in [6, 6.07) is 0. The molecule has 0 spiro atoms. The minimum absolute atomic E-state index is 0.0323. The number of hydrogen-bond acceptors (Lipinski definition) is 9. The highest BCUT2D eigenvalue weighted by Crippen LogP contribution is 1.99. The van der Waals surface area contributed by atoms with Crippen LogP contribution in [0.3, 0.4) is 0 Å². The lowest BCUT2D eigenvalue weighted by atomic mass is 10.3. The Morgan fingerprint density at radius 1 is 0.697 bits per heavy atom. The van der Waals surface area contributed by atoms with Crippen LogP contribution in [0.4, 0.5) is 9.59 Å². The Balaban J connectivity index is 5.14. The molecule has 16 nitrogen and oxygen atoms in total. The van der Waals surface area contributed by atoms with Crippen molar-refractivity contribution >= 4 is 30.1 Å². The van der Waals surface area contributed by atoms with Gasteiger partial charge in [0.25, 0.3) is 0 Å². The zero-order chi connectivity index (χ0) is 25.4. The van der Waals surface area contributed by atoms with E-state index in [0.29, 0.717) is 11.4 Å². The van der Waals surface area contributed by atoms with Gasteiger partial charge in [0.2, 0.25) is 0 Å². The van der Waals surface area contributed by atoms with Crippen molar-refractivity contribution in [2.75, 3.05) is 79.4 Å². The first kappa shape index (κ1) is 29.8. The average molecular weight is 481 g/mol. The normalized spacial score (nSPS) is 11.0. The number of carbonyl (C=O) groups is 5. The van der Waals surface area contributed by atoms with Crippen LogP contribution < -0.4 is 5.32 Å². The molecule has 0 saturated carbocycles. The summed E-state index contributed by atoms with van der Waals surface area (Å²) in [5.74, 6) is -3.48. The number of aliphatic carboxylic acids is 3. The lowest BCUT2D eigenvalue weighted by Crippen LogP contribution is -2.50. The molecule has 0 atom stereocenters. The highest BCUT2D eigenvalue weighted by Gasteiger charge is 2.21. The van der Waals surface area contributed by atoms with Gasteiger partial charge in [-0.2, -0.15) is 0 Å². The van der Waals surface area contributed by atoms with E-state index in [1.807, 2.05) is 5.32 Å². The fraction of sp³-hybridized carbons (Fsp3) is 0.706. The van der Waals surface area contributed by atoms with E-state index in [1.165, 1.54) is 16.9 Å². The van der Waals surface area contributed by atoms with Gasteiger partial charge in [0.05, 0.1) is 32.9 Å². The molecule has 0 rings (SSSR count). The van der Waals surface area contributed by atoms with Crippen LogP contribution in [0.1, 0.15) is 0 Å². The van der Waals surface area contributed by atoms with Crippen molar-refractivity contribution in [2.45, 2.75) is 0 Å². The topological polar surface area (TPSA) is 221 Å². The van der Waals surface area contributed by atoms with E-state index in [1.54, 1.807) is 4.90 Å². The van der Waals surface area contributed by atoms with Crippen molar-refractivity contribution in [1.82, 2.24) is 24.9 Å². The summed E-state index contributed by atoms with van der Waals surface area (Å²) in [6.45, 7) is -1.39. The zero-order valence-corrected chi connectivity index (χ0v) is 18.3. The second-order valence-corrected chi connectivity index (χ2v) is 6.88. The molecule has 190 valence electrons. The summed E-state index contributed by atoms with van der Waals surface area (Å²) in [5.41, 5.74) is 0. The van der Waals surface area contributed by atoms with Crippen LogP contribution in [0.5, 0.6) is 0 Å². The van der Waals surface area contributed by atoms with Crippen molar-refractivity contribution in [3.05, 3.63) is 0 Å². The number of amides is 2. The first-order valence-corrected chi connectivity index (χ1v) is 9.70. The van der Waals surface area contributed by atoms with Crippen LogP contribution in [0.2, 0.25) is 0 Å². The molecule has 0 heterocycles. The molecule has 0 bridgehead atoms. The molecule has 0 aliphatic carbocycles. The van der Waals surface area contributed by atoms with Gasteiger partial charge < -0.3 is 35.6 Å². The molecule has 0 aromatic heterocycles. The maximum atomic E-state index is 11.3. The number of carboxylic acids is 3. The Labute approximate surface area is 189 Å². The van der Waals surface area contributed by atoms with Gasteiger partial charge in [0, 0.05) is 39.8 Å². The van der Waals surface area contributed by atoms with Crippen molar-refractivity contribution in [3.63, 3.8) is 0 Å². The van der Waals surface area contributed by atoms with Crippen LogP contribution >= 0.6 is 0 Å². The van der Waals surface area contributed by atoms with E-state index in [9.17, 15) is 29.1 Å². The Bertz CT molecular complexity index is 663. The monoisotopic (exact) mass is 481 g/mol. The van der Waals surface area contributed by atoms with Gasteiger partial charge in [-0.05, 0) is 0 Å². The van der Waals surface area contributed by atoms with E-state index >= 15 is 0 Å². The van der Waals surface area contributed by atoms with Gasteiger partial charge in [0.15, 0.2) is 0 Å². The van der Waals surface area contributed by atoms with Crippen LogP contribution in [0.15, 0.2) is 0 Å². The van der Waals surface area contributed by atoms with Gasteiger partial charge in [-0.15, -0.1) is 0 Å². The lowest BCUT2D eigenvalue weighted by Gasteiger charge is -2.30. The molecular weight excluding hydrogens is 450 g/mol. The zero-order valence-electron chi connectivity index (χ0n) is 18.3. The lowest BCUT2D eigenvalue weighted by molar-refractivity contribution is -0.140. The number of ether oxygens (including phenoxy) is 1. The first-order valence-electron chi connectivity index (χ1n) is 9.70. The van der Waals surface area contributed by atoms with E-state index < -0.39 is 56.5 Å². The number of carboxylic acid groups (broad SMARTS) is 5. The maximum absolute atomic E-state index is 11.3. The van der Waals surface area contributed by atoms with Gasteiger partial charge in [-0.25, -0.2) is 9.59 Å². The second kappa shape index (κ2) is 16.4. The minimum atomic E-state index is -1.48. The Hall–Kier alpha value is -3.21. The van der Waals surface area contributed by atoms with Crippen molar-refractivity contribution in [2.24, 2.45) is 0 Å². The highest BCUT2D eigenvalue weighted by atomic mass is 16.5. The Morgan fingerprint density at radius 3 is 1.52 bits per heavy atom. The first-order chi connectivity index (χ1) is 15.4. The van der Waals surface area contributed by atoms with E-state index in [-0.39, 0.29) is 39.3 Å². The molecule has 0 aliphatic rings. The number of hydrogen-bond donors (Lipinski definition) is 6. The van der Waals surface area contributed by atoms with Gasteiger partial charge >= 0.3 is 30.1 Å². The van der Waals surface area contributed by atoms with Crippen molar-refractivity contribution in [3.8, 4) is 0 Å². The van der Waals surface area contributed by atoms with Crippen LogP contribution in [-0.4, -0.2) is 155 Å². The number of nitrogens with one attached hydrogen (secondary N) is 1. The van der Waals surface area contributed by atoms with Crippen molar-refractivity contribution < 1.29 is 54.2 Å². The van der Waals surface area contributed by atoms with Gasteiger partial charge in [-0.1, -0.05) is 0 Å². The molecule has 0 unspecified atom stereocenters. The molecule has 16 heteroatoms. The van der Waals surface area contributed by atoms with E-state index in [2.05, 4.69) is 0 Å². The quantitative estimate of drug-likeness (QED) is 0.109. The molecule has 0 fully saturated rings. The standard InChI is InChI=1S/C17H31N5O11/c1-33-7-6-20(9-14(25)26)3-2-19(8-13(23)24)4-5-21(10-15(27)28)12-22(17(31)32)11-18-16(29)30/h18H,2-12H2,1H3,(H,23,24)(H,25,26)(H,27,28)(H,29,30)(H,31,32). The molecule has 0 aliphatic heterocycles. The number of rotatable bonds is 19. The fourth-order valence-electron chi connectivity index (χ4n) is 2.68. The summed E-state index contributed by atoms with van der Waals surface area (Å²) >= 11 is 0. The van der Waals surface area contributed by atoms with Crippen LogP contribution in [0, 0.1) is 0 Å². The largest absolute Gasteiger partial charge is 0.480 e. The third-order valence-electron chi connectivity index (χ3n) is 4.22. The Kier molecular flexibility index (Phi) is 14.8. The summed E-state index contributed by atoms with van der Waals surface area (Å²) in [7, 11) is 1.46. The van der Waals surface area contributed by atoms with E-state index in [4.69, 9.17) is 25.2 Å². The third-order valence-corrected chi connectivity index (χ3v) is 4.22. The average Bonchev–Trinajstić information content (AvgIpc) is 2.68. The van der Waals surface area contributed by atoms with Gasteiger partial charge in [0.1, 0.15) is 6.67 Å². The summed E-state index contributed by atoms with van der Waals surface area (Å²) in [6.07, 6.45) is -2.94. The predicted octanol–water partition coefficient (Wildman–Crippen LogP) is -2.04. The van der Waals surface area contributed by atoms with E-state index in [0.717, 1.165) is 0 Å². The summed E-state index contributed by atoms with van der Waals surface area (Å²) in [5, 5.41) is 47.0. The highest BCUT2D eigenvalue weighted by molar-refractivity contribution is 5.70. The molecule has 0 saturated heterocycles. The maximum Gasteiger partial charge on any atom is 0.409 e. The number of nitrogens with zero attached hydrogens (tertiary/aromatic N) is 4. The number of methoxy groups -OCH3 is 1. The molecule has 33 heavy (non-hydrogen) atoms. The summed E-state index contributed by atoms with van der Waals surface area (Å²) in [4.78, 5) is 60.2. The summed E-state index contributed by atoms with van der Waals surface area (Å²) < 4.78 is 4.93. The SMILES string of the molecule is COCCN(CCN(CCN(CC(=O)O)CN(CNC(=O)O)C(=O)O)CC(=O)O)CC(=O)O. The van der Waals surface area contributed by atoms with Crippen LogP contribution in [-0.2, 0) is 19.1 Å². The molecule has 0 radical (unpaired) electrons. The third kappa shape index (κ3) is 16.1. The molecular formula is C17H31N5O11. The second-order valence-electron chi connectivity index (χ2n) is 6.88. The molecule has 6 N–H and O–H groups in total. The smallest absolute Gasteiger partial charge is 0.409 e.